The van der Waals surface area contributed by atoms with E-state index < -0.39 is 6.48 Å². The molecule has 0 spiro atoms. The Bertz CT molecular complexity index is 302. The number of aliphatic hydroxyl groups excluding tert-OH is 1. The normalized spacial score (nSPS) is 27.9. The molecule has 0 amide bonds. The van der Waals surface area contributed by atoms with Crippen molar-refractivity contribution in [2.24, 2.45) is 0 Å². The summed E-state index contributed by atoms with van der Waals surface area (Å²) in [6.45, 7) is -1.90. The standard InChI is InChI=1S/C12H16FNO/c13-12(15)14-11-8-4-7-10(11)9-5-2-1-3-6-9/h1-3,5-6,10-12,14-15H,4,7-8H2/t10-,11?,12+/m0/s1. The molecular weight excluding hydrogens is 193 g/mol. The van der Waals surface area contributed by atoms with Crippen LogP contribution in [0.1, 0.15) is 30.7 Å². The number of aliphatic hydroxyl groups is 1. The molecule has 0 aliphatic heterocycles. The molecular formula is C12H16FNO. The third-order valence-electron chi connectivity index (χ3n) is 3.10. The molecule has 0 bridgehead atoms. The Balaban J connectivity index is 2.08. The molecule has 1 aliphatic rings. The molecule has 3 heteroatoms. The van der Waals surface area contributed by atoms with Gasteiger partial charge in [-0.25, -0.2) is 0 Å². The minimum atomic E-state index is -1.90. The molecule has 0 heterocycles. The van der Waals surface area contributed by atoms with Gasteiger partial charge in [-0.15, -0.1) is 0 Å². The summed E-state index contributed by atoms with van der Waals surface area (Å²) in [6, 6.07) is 10.2. The van der Waals surface area contributed by atoms with Crippen molar-refractivity contribution in [2.75, 3.05) is 0 Å². The van der Waals surface area contributed by atoms with Gasteiger partial charge in [0.25, 0.3) is 6.48 Å². The lowest BCUT2D eigenvalue weighted by Gasteiger charge is -2.21. The Morgan fingerprint density at radius 1 is 1.27 bits per heavy atom. The third kappa shape index (κ3) is 2.55. The zero-order chi connectivity index (χ0) is 10.7. The number of rotatable bonds is 3. The summed E-state index contributed by atoms with van der Waals surface area (Å²) in [6.07, 6.45) is 3.08. The van der Waals surface area contributed by atoms with E-state index >= 15 is 0 Å². The zero-order valence-corrected chi connectivity index (χ0v) is 8.57. The van der Waals surface area contributed by atoms with Crippen molar-refractivity contribution in [3.8, 4) is 0 Å². The van der Waals surface area contributed by atoms with Gasteiger partial charge in [-0.05, 0) is 24.3 Å². The van der Waals surface area contributed by atoms with Crippen LogP contribution in [0.4, 0.5) is 4.39 Å². The van der Waals surface area contributed by atoms with E-state index in [1.807, 2.05) is 18.2 Å². The number of halogens is 1. The second kappa shape index (κ2) is 4.73. The van der Waals surface area contributed by atoms with Gasteiger partial charge in [0.05, 0.1) is 0 Å². The second-order valence-corrected chi connectivity index (χ2v) is 4.06. The molecule has 3 atom stereocenters. The predicted octanol–water partition coefficient (Wildman–Crippen LogP) is 2.16. The molecule has 1 fully saturated rings. The van der Waals surface area contributed by atoms with Crippen molar-refractivity contribution in [2.45, 2.75) is 37.7 Å². The van der Waals surface area contributed by atoms with E-state index in [0.29, 0.717) is 5.92 Å². The van der Waals surface area contributed by atoms with Crippen LogP contribution in [0.25, 0.3) is 0 Å². The Labute approximate surface area is 89.1 Å². The van der Waals surface area contributed by atoms with E-state index in [1.54, 1.807) is 0 Å². The van der Waals surface area contributed by atoms with Crippen molar-refractivity contribution >= 4 is 0 Å². The topological polar surface area (TPSA) is 32.3 Å². The van der Waals surface area contributed by atoms with E-state index in [9.17, 15) is 4.39 Å². The first kappa shape index (κ1) is 10.6. The zero-order valence-electron chi connectivity index (χ0n) is 8.57. The summed E-state index contributed by atoms with van der Waals surface area (Å²) in [7, 11) is 0. The fourth-order valence-electron chi connectivity index (χ4n) is 2.44. The van der Waals surface area contributed by atoms with Gasteiger partial charge in [0.15, 0.2) is 0 Å². The van der Waals surface area contributed by atoms with Gasteiger partial charge < -0.3 is 5.11 Å². The van der Waals surface area contributed by atoms with Crippen LogP contribution in [0, 0.1) is 0 Å². The summed E-state index contributed by atoms with van der Waals surface area (Å²) in [5, 5.41) is 11.3. The molecule has 2 rings (SSSR count). The highest BCUT2D eigenvalue weighted by atomic mass is 19.1. The molecule has 1 unspecified atom stereocenters. The molecule has 0 saturated heterocycles. The summed E-state index contributed by atoms with van der Waals surface area (Å²) < 4.78 is 12.5. The lowest BCUT2D eigenvalue weighted by Crippen LogP contribution is -2.37. The molecule has 15 heavy (non-hydrogen) atoms. The number of hydrogen-bond donors (Lipinski definition) is 2. The van der Waals surface area contributed by atoms with Crippen LogP contribution in [0.3, 0.4) is 0 Å². The average Bonchev–Trinajstić information content (AvgIpc) is 2.66. The SMILES string of the molecule is O[C@H](F)NC1CCC[C@H]1c1ccccc1. The van der Waals surface area contributed by atoms with Gasteiger partial charge in [0.2, 0.25) is 0 Å². The number of nitrogens with one attached hydrogen (secondary N) is 1. The van der Waals surface area contributed by atoms with Crippen molar-refractivity contribution in [1.29, 1.82) is 0 Å². The Morgan fingerprint density at radius 2 is 2.00 bits per heavy atom. The average molecular weight is 209 g/mol. The Kier molecular flexibility index (Phi) is 3.34. The van der Waals surface area contributed by atoms with Gasteiger partial charge in [-0.2, -0.15) is 4.39 Å². The smallest absolute Gasteiger partial charge is 0.253 e. The molecule has 1 aromatic rings. The first-order chi connectivity index (χ1) is 7.27. The lowest BCUT2D eigenvalue weighted by atomic mass is 9.94. The van der Waals surface area contributed by atoms with Crippen LogP contribution in [0.5, 0.6) is 0 Å². The molecule has 2 N–H and O–H groups in total. The van der Waals surface area contributed by atoms with Crippen LogP contribution in [-0.4, -0.2) is 17.6 Å². The third-order valence-corrected chi connectivity index (χ3v) is 3.10. The first-order valence-electron chi connectivity index (χ1n) is 5.40. The monoisotopic (exact) mass is 209 g/mol. The van der Waals surface area contributed by atoms with Crippen LogP contribution in [0.15, 0.2) is 30.3 Å². The van der Waals surface area contributed by atoms with Gasteiger partial charge in [-0.3, -0.25) is 5.32 Å². The maximum atomic E-state index is 12.5. The van der Waals surface area contributed by atoms with Crippen LogP contribution in [0.2, 0.25) is 0 Å². The largest absolute Gasteiger partial charge is 0.352 e. The molecule has 82 valence electrons. The maximum Gasteiger partial charge on any atom is 0.253 e. The molecule has 0 aromatic heterocycles. The van der Waals surface area contributed by atoms with Crippen molar-refractivity contribution in [3.05, 3.63) is 35.9 Å². The predicted molar refractivity (Wildman–Crippen MR) is 57.1 cm³/mol. The van der Waals surface area contributed by atoms with E-state index in [0.717, 1.165) is 19.3 Å². The summed E-state index contributed by atoms with van der Waals surface area (Å²) in [5.74, 6) is 0.330. The van der Waals surface area contributed by atoms with Gasteiger partial charge in [0, 0.05) is 6.04 Å². The quantitative estimate of drug-likeness (QED) is 0.590. The minimum Gasteiger partial charge on any atom is -0.352 e. The van der Waals surface area contributed by atoms with Crippen molar-refractivity contribution in [1.82, 2.24) is 5.32 Å². The fourth-order valence-corrected chi connectivity index (χ4v) is 2.44. The van der Waals surface area contributed by atoms with Crippen molar-refractivity contribution in [3.63, 3.8) is 0 Å². The van der Waals surface area contributed by atoms with E-state index in [2.05, 4.69) is 17.4 Å². The molecule has 2 nitrogen and oxygen atoms in total. The second-order valence-electron chi connectivity index (χ2n) is 4.06. The van der Waals surface area contributed by atoms with E-state index in [1.165, 1.54) is 5.56 Å². The maximum absolute atomic E-state index is 12.5. The van der Waals surface area contributed by atoms with Gasteiger partial charge in [-0.1, -0.05) is 36.8 Å². The van der Waals surface area contributed by atoms with E-state index in [4.69, 9.17) is 5.11 Å². The van der Waals surface area contributed by atoms with Gasteiger partial charge in [0.1, 0.15) is 0 Å². The lowest BCUT2D eigenvalue weighted by molar-refractivity contribution is -0.000560. The summed E-state index contributed by atoms with van der Waals surface area (Å²) in [5.41, 5.74) is 1.23. The van der Waals surface area contributed by atoms with E-state index in [-0.39, 0.29) is 6.04 Å². The number of benzene rings is 1. The molecule has 1 saturated carbocycles. The summed E-state index contributed by atoms with van der Waals surface area (Å²) >= 11 is 0. The Morgan fingerprint density at radius 3 is 2.67 bits per heavy atom. The van der Waals surface area contributed by atoms with Crippen LogP contribution in [-0.2, 0) is 0 Å². The number of alkyl halides is 1. The van der Waals surface area contributed by atoms with Crippen molar-refractivity contribution < 1.29 is 9.50 Å². The van der Waals surface area contributed by atoms with Crippen LogP contribution >= 0.6 is 0 Å². The van der Waals surface area contributed by atoms with Crippen LogP contribution < -0.4 is 5.32 Å². The fraction of sp³-hybridized carbons (Fsp3) is 0.500. The Hall–Kier alpha value is -0.930. The minimum absolute atomic E-state index is 0.0624. The molecule has 1 aromatic carbocycles. The molecule has 0 radical (unpaired) electrons. The first-order valence-corrected chi connectivity index (χ1v) is 5.40. The summed E-state index contributed by atoms with van der Waals surface area (Å²) in [4.78, 5) is 0. The highest BCUT2D eigenvalue weighted by molar-refractivity contribution is 5.22. The highest BCUT2D eigenvalue weighted by Gasteiger charge is 2.29. The molecule has 1 aliphatic carbocycles. The highest BCUT2D eigenvalue weighted by Crippen LogP contribution is 2.34. The van der Waals surface area contributed by atoms with Gasteiger partial charge >= 0.3 is 0 Å². The number of hydrogen-bond acceptors (Lipinski definition) is 2.